The van der Waals surface area contributed by atoms with Crippen molar-refractivity contribution in [3.63, 3.8) is 0 Å². The zero-order chi connectivity index (χ0) is 30.9. The quantitative estimate of drug-likeness (QED) is 0.0616. The SMILES string of the molecule is CCCCCCCCCCCCCCCOCCOCCOCCOCCOCCOCCOS(=O)(=O)c1ccccc1. The van der Waals surface area contributed by atoms with Crippen molar-refractivity contribution in [3.8, 4) is 0 Å². The summed E-state index contributed by atoms with van der Waals surface area (Å²) < 4.78 is 61.8. The van der Waals surface area contributed by atoms with E-state index in [4.69, 9.17) is 32.6 Å². The highest BCUT2D eigenvalue weighted by molar-refractivity contribution is 7.86. The molecule has 1 aromatic carbocycles. The summed E-state index contributed by atoms with van der Waals surface area (Å²) in [7, 11) is -3.74. The smallest absolute Gasteiger partial charge is 0.297 e. The number of unbranched alkanes of at least 4 members (excludes halogenated alkanes) is 12. The van der Waals surface area contributed by atoms with E-state index in [2.05, 4.69) is 6.92 Å². The third-order valence-electron chi connectivity index (χ3n) is 6.75. The summed E-state index contributed by atoms with van der Waals surface area (Å²) in [5.41, 5.74) is 0. The molecule has 0 saturated carbocycles. The number of rotatable bonds is 34. The van der Waals surface area contributed by atoms with E-state index >= 15 is 0 Å². The molecule has 43 heavy (non-hydrogen) atoms. The highest BCUT2D eigenvalue weighted by Crippen LogP contribution is 2.13. The van der Waals surface area contributed by atoms with Crippen LogP contribution in [-0.2, 0) is 42.7 Å². The first kappa shape index (κ1) is 39.9. The molecule has 0 aromatic heterocycles. The molecule has 0 bridgehead atoms. The van der Waals surface area contributed by atoms with Crippen LogP contribution in [0.5, 0.6) is 0 Å². The van der Waals surface area contributed by atoms with Crippen LogP contribution in [0.3, 0.4) is 0 Å². The van der Waals surface area contributed by atoms with Gasteiger partial charge in [0.05, 0.1) is 84.2 Å². The van der Waals surface area contributed by atoms with Gasteiger partial charge >= 0.3 is 0 Å². The van der Waals surface area contributed by atoms with E-state index in [1.165, 1.54) is 89.2 Å². The topological polar surface area (TPSA) is 98.8 Å². The zero-order valence-electron chi connectivity index (χ0n) is 26.9. The molecule has 0 aliphatic carbocycles. The number of ether oxygens (including phenoxy) is 6. The van der Waals surface area contributed by atoms with Gasteiger partial charge in [0, 0.05) is 6.61 Å². The van der Waals surface area contributed by atoms with E-state index in [0.717, 1.165) is 13.0 Å². The molecule has 1 aromatic rings. The van der Waals surface area contributed by atoms with Crippen LogP contribution in [0.4, 0.5) is 0 Å². The molecule has 0 amide bonds. The largest absolute Gasteiger partial charge is 0.379 e. The van der Waals surface area contributed by atoms with Gasteiger partial charge in [0.1, 0.15) is 0 Å². The molecule has 0 aliphatic rings. The lowest BCUT2D eigenvalue weighted by molar-refractivity contribution is -0.0178. The minimum Gasteiger partial charge on any atom is -0.379 e. The van der Waals surface area contributed by atoms with Gasteiger partial charge < -0.3 is 28.4 Å². The number of hydrogen-bond acceptors (Lipinski definition) is 9. The summed E-state index contributed by atoms with van der Waals surface area (Å²) >= 11 is 0. The van der Waals surface area contributed by atoms with Gasteiger partial charge in [-0.05, 0) is 18.6 Å². The Labute approximate surface area is 262 Å². The molecular formula is C33H60O9S. The highest BCUT2D eigenvalue weighted by atomic mass is 32.2. The monoisotopic (exact) mass is 632 g/mol. The van der Waals surface area contributed by atoms with E-state index in [1.807, 2.05) is 0 Å². The molecule has 0 aliphatic heterocycles. The molecule has 1 rings (SSSR count). The molecule has 0 unspecified atom stereocenters. The molecule has 0 saturated heterocycles. The van der Waals surface area contributed by atoms with E-state index in [0.29, 0.717) is 66.1 Å². The Morgan fingerprint density at radius 1 is 0.419 bits per heavy atom. The zero-order valence-corrected chi connectivity index (χ0v) is 27.7. The third-order valence-corrected chi connectivity index (χ3v) is 8.08. The molecule has 0 N–H and O–H groups in total. The fourth-order valence-corrected chi connectivity index (χ4v) is 5.20. The lowest BCUT2D eigenvalue weighted by Gasteiger charge is -2.08. The average molecular weight is 633 g/mol. The molecule has 252 valence electrons. The fourth-order valence-electron chi connectivity index (χ4n) is 4.28. The van der Waals surface area contributed by atoms with E-state index in [-0.39, 0.29) is 18.1 Å². The van der Waals surface area contributed by atoms with Crippen LogP contribution in [0, 0.1) is 0 Å². The van der Waals surface area contributed by atoms with E-state index < -0.39 is 10.1 Å². The van der Waals surface area contributed by atoms with Crippen LogP contribution in [0.1, 0.15) is 90.4 Å². The number of benzene rings is 1. The van der Waals surface area contributed by atoms with Gasteiger partial charge in [-0.2, -0.15) is 8.42 Å². The van der Waals surface area contributed by atoms with Crippen molar-refractivity contribution in [1.29, 1.82) is 0 Å². The van der Waals surface area contributed by atoms with Crippen LogP contribution in [0.15, 0.2) is 35.2 Å². The Morgan fingerprint density at radius 2 is 0.744 bits per heavy atom. The van der Waals surface area contributed by atoms with Gasteiger partial charge in [0.15, 0.2) is 0 Å². The molecule has 0 radical (unpaired) electrons. The average Bonchev–Trinajstić information content (AvgIpc) is 3.02. The van der Waals surface area contributed by atoms with Crippen LogP contribution >= 0.6 is 0 Å². The van der Waals surface area contributed by atoms with Crippen molar-refractivity contribution in [2.75, 3.05) is 85.9 Å². The molecule has 0 fully saturated rings. The molecule has 10 heteroatoms. The van der Waals surface area contributed by atoms with Crippen molar-refractivity contribution in [3.05, 3.63) is 30.3 Å². The van der Waals surface area contributed by atoms with Crippen molar-refractivity contribution in [2.45, 2.75) is 95.3 Å². The molecule has 0 spiro atoms. The first-order chi connectivity index (χ1) is 21.2. The summed E-state index contributed by atoms with van der Waals surface area (Å²) in [6.07, 6.45) is 17.7. The number of hydrogen-bond donors (Lipinski definition) is 0. The van der Waals surface area contributed by atoms with E-state index in [1.54, 1.807) is 18.2 Å². The van der Waals surface area contributed by atoms with Gasteiger partial charge in [-0.25, -0.2) is 0 Å². The lowest BCUT2D eigenvalue weighted by Crippen LogP contribution is -2.15. The Balaban J connectivity index is 1.67. The standard InChI is InChI=1S/C33H60O9S/c1-2-3-4-5-6-7-8-9-10-11-12-13-17-20-36-21-22-37-23-24-38-25-26-39-27-28-40-29-30-41-31-32-42-43(34,35)33-18-15-14-16-19-33/h14-16,18-19H,2-13,17,20-32H2,1H3. The van der Waals surface area contributed by atoms with Crippen molar-refractivity contribution in [2.24, 2.45) is 0 Å². The summed E-state index contributed by atoms with van der Waals surface area (Å²) in [6.45, 7) is 8.20. The lowest BCUT2D eigenvalue weighted by atomic mass is 10.0. The Bertz CT molecular complexity index is 793. The second kappa shape index (κ2) is 30.9. The second-order valence-electron chi connectivity index (χ2n) is 10.5. The Kier molecular flexibility index (Phi) is 28.7. The second-order valence-corrected chi connectivity index (χ2v) is 12.1. The summed E-state index contributed by atoms with van der Waals surface area (Å²) in [6, 6.07) is 8.03. The predicted octanol–water partition coefficient (Wildman–Crippen LogP) is 6.58. The fraction of sp³-hybridized carbons (Fsp3) is 0.818. The Hall–Kier alpha value is -1.11. The van der Waals surface area contributed by atoms with Crippen molar-refractivity contribution in [1.82, 2.24) is 0 Å². The maximum Gasteiger partial charge on any atom is 0.297 e. The third kappa shape index (κ3) is 27.0. The Morgan fingerprint density at radius 3 is 1.14 bits per heavy atom. The first-order valence-corrected chi connectivity index (χ1v) is 18.0. The molecule has 0 heterocycles. The minimum atomic E-state index is -3.74. The summed E-state index contributed by atoms with van der Waals surface area (Å²) in [5.74, 6) is 0. The van der Waals surface area contributed by atoms with E-state index in [9.17, 15) is 8.42 Å². The maximum absolute atomic E-state index is 12.0. The normalized spacial score (nSPS) is 11.8. The molecule has 0 atom stereocenters. The van der Waals surface area contributed by atoms with Crippen LogP contribution in [0.2, 0.25) is 0 Å². The minimum absolute atomic E-state index is 0.0430. The van der Waals surface area contributed by atoms with Gasteiger partial charge in [0.25, 0.3) is 10.1 Å². The first-order valence-electron chi connectivity index (χ1n) is 16.6. The van der Waals surface area contributed by atoms with Gasteiger partial charge in [-0.3, -0.25) is 4.18 Å². The van der Waals surface area contributed by atoms with Crippen LogP contribution in [0.25, 0.3) is 0 Å². The van der Waals surface area contributed by atoms with Gasteiger partial charge in [-0.1, -0.05) is 102 Å². The molecule has 9 nitrogen and oxygen atoms in total. The van der Waals surface area contributed by atoms with Crippen molar-refractivity contribution >= 4 is 10.1 Å². The molecular weight excluding hydrogens is 572 g/mol. The van der Waals surface area contributed by atoms with Crippen LogP contribution < -0.4 is 0 Å². The summed E-state index contributed by atoms with van der Waals surface area (Å²) in [4.78, 5) is 0.132. The predicted molar refractivity (Wildman–Crippen MR) is 170 cm³/mol. The highest BCUT2D eigenvalue weighted by Gasteiger charge is 2.13. The van der Waals surface area contributed by atoms with Crippen molar-refractivity contribution < 1.29 is 41.0 Å². The maximum atomic E-state index is 12.0. The van der Waals surface area contributed by atoms with Gasteiger partial charge in [0.2, 0.25) is 0 Å². The van der Waals surface area contributed by atoms with Gasteiger partial charge in [-0.15, -0.1) is 0 Å². The summed E-state index contributed by atoms with van der Waals surface area (Å²) in [5, 5.41) is 0. The van der Waals surface area contributed by atoms with Crippen LogP contribution in [-0.4, -0.2) is 94.3 Å².